The third-order valence-corrected chi connectivity index (χ3v) is 3.95. The average Bonchev–Trinajstić information content (AvgIpc) is 2.75. The summed E-state index contributed by atoms with van der Waals surface area (Å²) in [4.78, 5) is 20.8. The van der Waals surface area contributed by atoms with E-state index in [0.717, 1.165) is 19.5 Å². The lowest BCUT2D eigenvalue weighted by molar-refractivity contribution is -0.385. The van der Waals surface area contributed by atoms with Gasteiger partial charge in [-0.1, -0.05) is 20.8 Å². The Morgan fingerprint density at radius 3 is 2.55 bits per heavy atom. The van der Waals surface area contributed by atoms with Crippen molar-refractivity contribution in [3.63, 3.8) is 0 Å². The summed E-state index contributed by atoms with van der Waals surface area (Å²) in [7, 11) is 0. The van der Waals surface area contributed by atoms with Gasteiger partial charge in [-0.05, 0) is 24.7 Å². The molecule has 1 fully saturated rings. The molecule has 2 heterocycles. The van der Waals surface area contributed by atoms with Gasteiger partial charge in [0.2, 0.25) is 11.8 Å². The highest BCUT2D eigenvalue weighted by Gasteiger charge is 2.36. The molecule has 0 spiro atoms. The molecule has 1 atom stereocenters. The van der Waals surface area contributed by atoms with Crippen LogP contribution < -0.4 is 10.6 Å². The monoisotopic (exact) mass is 279 g/mol. The molecule has 0 aliphatic carbocycles. The fourth-order valence-electron chi connectivity index (χ4n) is 2.67. The van der Waals surface area contributed by atoms with Gasteiger partial charge in [-0.3, -0.25) is 10.1 Å². The first-order chi connectivity index (χ1) is 9.20. The first kappa shape index (κ1) is 14.5. The van der Waals surface area contributed by atoms with E-state index in [2.05, 4.69) is 30.7 Å². The highest BCUT2D eigenvalue weighted by Crippen LogP contribution is 2.38. The van der Waals surface area contributed by atoms with E-state index in [1.807, 2.05) is 4.90 Å². The molecule has 0 saturated carbocycles. The number of nitrogens with zero attached hydrogens (tertiary/aromatic N) is 4. The third kappa shape index (κ3) is 2.66. The standard InChI is InChI=1S/C13H21N5O2/c1-8-10(18(19)20)11(16-12(14)15-8)17-6-5-9(7-17)13(2,3)4/h9H,5-7H2,1-4H3,(H2,14,15,16). The second kappa shape index (κ2) is 4.88. The third-order valence-electron chi connectivity index (χ3n) is 3.95. The molecule has 0 bridgehead atoms. The van der Waals surface area contributed by atoms with Crippen LogP contribution in [-0.4, -0.2) is 28.0 Å². The van der Waals surface area contributed by atoms with Gasteiger partial charge in [0.1, 0.15) is 5.69 Å². The van der Waals surface area contributed by atoms with Crippen molar-refractivity contribution in [1.82, 2.24) is 9.97 Å². The number of hydrogen-bond donors (Lipinski definition) is 1. The number of aromatic nitrogens is 2. The highest BCUT2D eigenvalue weighted by molar-refractivity contribution is 5.62. The summed E-state index contributed by atoms with van der Waals surface area (Å²) < 4.78 is 0. The lowest BCUT2D eigenvalue weighted by Crippen LogP contribution is -2.27. The second-order valence-electron chi connectivity index (χ2n) is 6.39. The van der Waals surface area contributed by atoms with E-state index in [0.29, 0.717) is 17.4 Å². The first-order valence-electron chi connectivity index (χ1n) is 6.73. The zero-order valence-corrected chi connectivity index (χ0v) is 12.4. The molecule has 7 nitrogen and oxygen atoms in total. The van der Waals surface area contributed by atoms with E-state index in [4.69, 9.17) is 5.73 Å². The van der Waals surface area contributed by atoms with Crippen LogP contribution in [0.4, 0.5) is 17.5 Å². The number of anilines is 2. The number of nitro groups is 1. The van der Waals surface area contributed by atoms with Crippen LogP contribution in [0.25, 0.3) is 0 Å². The fraction of sp³-hybridized carbons (Fsp3) is 0.692. The Labute approximate surface area is 118 Å². The van der Waals surface area contributed by atoms with E-state index >= 15 is 0 Å². The lowest BCUT2D eigenvalue weighted by atomic mass is 9.80. The number of aryl methyl sites for hydroxylation is 1. The van der Waals surface area contributed by atoms with Gasteiger partial charge in [0.25, 0.3) is 0 Å². The quantitative estimate of drug-likeness (QED) is 0.658. The molecule has 2 rings (SSSR count). The molecule has 20 heavy (non-hydrogen) atoms. The zero-order valence-electron chi connectivity index (χ0n) is 12.4. The number of nitrogens with two attached hydrogens (primary N) is 1. The van der Waals surface area contributed by atoms with Gasteiger partial charge in [-0.25, -0.2) is 4.98 Å². The van der Waals surface area contributed by atoms with Gasteiger partial charge in [0.15, 0.2) is 0 Å². The highest BCUT2D eigenvalue weighted by atomic mass is 16.6. The Hall–Kier alpha value is -1.92. The van der Waals surface area contributed by atoms with E-state index in [-0.39, 0.29) is 17.1 Å². The minimum Gasteiger partial charge on any atom is -0.368 e. The van der Waals surface area contributed by atoms with Crippen molar-refractivity contribution in [2.45, 2.75) is 34.1 Å². The summed E-state index contributed by atoms with van der Waals surface area (Å²) in [5, 5.41) is 11.2. The Bertz CT molecular complexity index is 538. The molecule has 0 amide bonds. The topological polar surface area (TPSA) is 98.2 Å². The normalized spacial score (nSPS) is 19.4. The van der Waals surface area contributed by atoms with Gasteiger partial charge < -0.3 is 10.6 Å². The van der Waals surface area contributed by atoms with Crippen LogP contribution in [0.1, 0.15) is 32.9 Å². The maximum absolute atomic E-state index is 11.2. The Kier molecular flexibility index (Phi) is 3.54. The van der Waals surface area contributed by atoms with Crippen LogP contribution in [0.15, 0.2) is 0 Å². The average molecular weight is 279 g/mol. The summed E-state index contributed by atoms with van der Waals surface area (Å²) in [6.07, 6.45) is 1.00. The molecule has 1 aromatic rings. The molecule has 1 aromatic heterocycles. The number of rotatable bonds is 2. The Morgan fingerprint density at radius 2 is 2.05 bits per heavy atom. The van der Waals surface area contributed by atoms with E-state index in [9.17, 15) is 10.1 Å². The van der Waals surface area contributed by atoms with Crippen molar-refractivity contribution < 1.29 is 4.92 Å². The molecule has 7 heteroatoms. The van der Waals surface area contributed by atoms with Crippen molar-refractivity contribution in [1.29, 1.82) is 0 Å². The molecular formula is C13H21N5O2. The lowest BCUT2D eigenvalue weighted by Gasteiger charge is -2.27. The predicted octanol–water partition coefficient (Wildman–Crippen LogP) is 2.15. The van der Waals surface area contributed by atoms with Crippen LogP contribution in [0.3, 0.4) is 0 Å². The van der Waals surface area contributed by atoms with E-state index < -0.39 is 4.92 Å². The molecule has 1 aliphatic heterocycles. The molecule has 0 aromatic carbocycles. The number of hydrogen-bond acceptors (Lipinski definition) is 6. The second-order valence-corrected chi connectivity index (χ2v) is 6.39. The summed E-state index contributed by atoms with van der Waals surface area (Å²) in [6, 6.07) is 0. The van der Waals surface area contributed by atoms with Crippen LogP contribution in [-0.2, 0) is 0 Å². The molecule has 1 aliphatic rings. The smallest absolute Gasteiger partial charge is 0.332 e. The first-order valence-corrected chi connectivity index (χ1v) is 6.73. The van der Waals surface area contributed by atoms with Gasteiger partial charge >= 0.3 is 5.69 Å². The van der Waals surface area contributed by atoms with Gasteiger partial charge in [-0.2, -0.15) is 4.98 Å². The minimum atomic E-state index is -0.422. The summed E-state index contributed by atoms with van der Waals surface area (Å²) in [5.41, 5.74) is 6.11. The molecule has 0 radical (unpaired) electrons. The van der Waals surface area contributed by atoms with Crippen molar-refractivity contribution in [2.75, 3.05) is 23.7 Å². The Morgan fingerprint density at radius 1 is 1.40 bits per heavy atom. The van der Waals surface area contributed by atoms with Crippen LogP contribution in [0.2, 0.25) is 0 Å². The largest absolute Gasteiger partial charge is 0.368 e. The molecule has 110 valence electrons. The fourth-order valence-corrected chi connectivity index (χ4v) is 2.67. The minimum absolute atomic E-state index is 0.0336. The van der Waals surface area contributed by atoms with Crippen LogP contribution in [0.5, 0.6) is 0 Å². The van der Waals surface area contributed by atoms with Crippen molar-refractivity contribution >= 4 is 17.5 Å². The molecule has 1 saturated heterocycles. The summed E-state index contributed by atoms with van der Waals surface area (Å²) in [5.74, 6) is 0.924. The maximum Gasteiger partial charge on any atom is 0.332 e. The van der Waals surface area contributed by atoms with Gasteiger partial charge in [0, 0.05) is 13.1 Å². The molecule has 1 unspecified atom stereocenters. The summed E-state index contributed by atoms with van der Waals surface area (Å²) >= 11 is 0. The van der Waals surface area contributed by atoms with Gasteiger partial charge in [0.05, 0.1) is 4.92 Å². The zero-order chi connectivity index (χ0) is 15.1. The van der Waals surface area contributed by atoms with Crippen LogP contribution >= 0.6 is 0 Å². The van der Waals surface area contributed by atoms with E-state index in [1.165, 1.54) is 0 Å². The molecular weight excluding hydrogens is 258 g/mol. The SMILES string of the molecule is Cc1nc(N)nc(N2CCC(C(C)(C)C)C2)c1[N+](=O)[O-]. The number of nitrogen functional groups attached to an aromatic ring is 1. The summed E-state index contributed by atoms with van der Waals surface area (Å²) in [6.45, 7) is 9.69. The van der Waals surface area contributed by atoms with Gasteiger partial charge in [-0.15, -0.1) is 0 Å². The Balaban J connectivity index is 2.37. The van der Waals surface area contributed by atoms with Crippen molar-refractivity contribution in [2.24, 2.45) is 11.3 Å². The van der Waals surface area contributed by atoms with Crippen molar-refractivity contribution in [3.8, 4) is 0 Å². The van der Waals surface area contributed by atoms with E-state index in [1.54, 1.807) is 6.92 Å². The predicted molar refractivity (Wildman–Crippen MR) is 77.6 cm³/mol. The van der Waals surface area contributed by atoms with Crippen LogP contribution in [0, 0.1) is 28.4 Å². The molecule has 2 N–H and O–H groups in total. The van der Waals surface area contributed by atoms with Crippen molar-refractivity contribution in [3.05, 3.63) is 15.8 Å². The maximum atomic E-state index is 11.2.